The average Bonchev–Trinajstić information content (AvgIpc) is 3.26. The maximum Gasteiger partial charge on any atom is 0.264 e. The van der Waals surface area contributed by atoms with Crippen molar-refractivity contribution in [2.24, 2.45) is 5.10 Å². The number of carbonyl (C=O) groups excluding carboxylic acids is 1. The van der Waals surface area contributed by atoms with Crippen LogP contribution in [-0.4, -0.2) is 34.2 Å². The normalized spacial score (nSPS) is 11.3. The fraction of sp³-hybridized carbons (Fsp3) is 0.100. The third-order valence-corrected chi connectivity index (χ3v) is 5.67. The molecule has 29 heavy (non-hydrogen) atoms. The highest BCUT2D eigenvalue weighted by Crippen LogP contribution is 2.31. The molecule has 1 heterocycles. The largest absolute Gasteiger partial charge is 0.495 e. The van der Waals surface area contributed by atoms with E-state index in [9.17, 15) is 13.2 Å². The van der Waals surface area contributed by atoms with Crippen LogP contribution in [0.4, 0.5) is 5.69 Å². The number of sulfonamides is 1. The molecule has 0 saturated heterocycles. The quantitative estimate of drug-likeness (QED) is 0.452. The van der Waals surface area contributed by atoms with Crippen molar-refractivity contribution in [2.75, 3.05) is 18.0 Å². The number of nitrogens with one attached hydrogen (secondary N) is 1. The van der Waals surface area contributed by atoms with E-state index < -0.39 is 22.5 Å². The number of ether oxygens (including phenoxy) is 1. The number of hydrogen-bond acceptors (Lipinski definition) is 6. The third kappa shape index (κ3) is 4.82. The summed E-state index contributed by atoms with van der Waals surface area (Å²) >= 11 is 0. The number of methoxy groups -OCH3 is 1. The first-order valence-electron chi connectivity index (χ1n) is 8.58. The summed E-state index contributed by atoms with van der Waals surface area (Å²) < 4.78 is 37.8. The van der Waals surface area contributed by atoms with Gasteiger partial charge in [-0.2, -0.15) is 5.10 Å². The lowest BCUT2D eigenvalue weighted by atomic mass is 10.3. The van der Waals surface area contributed by atoms with Gasteiger partial charge in [0.15, 0.2) is 0 Å². The zero-order valence-electron chi connectivity index (χ0n) is 15.6. The van der Waals surface area contributed by atoms with Crippen molar-refractivity contribution < 1.29 is 22.4 Å². The summed E-state index contributed by atoms with van der Waals surface area (Å²) in [7, 11) is -2.60. The Bertz CT molecular complexity index is 1080. The summed E-state index contributed by atoms with van der Waals surface area (Å²) in [5.74, 6) is 0.140. The number of para-hydroxylation sites is 2. The molecule has 8 nitrogen and oxygen atoms in total. The Morgan fingerprint density at radius 2 is 1.83 bits per heavy atom. The lowest BCUT2D eigenvalue weighted by molar-refractivity contribution is -0.119. The number of rotatable bonds is 8. The molecular weight excluding hydrogens is 394 g/mol. The number of nitrogens with zero attached hydrogens (tertiary/aromatic N) is 2. The van der Waals surface area contributed by atoms with Crippen molar-refractivity contribution in [3.63, 3.8) is 0 Å². The van der Waals surface area contributed by atoms with Crippen molar-refractivity contribution in [3.05, 3.63) is 78.8 Å². The van der Waals surface area contributed by atoms with Crippen LogP contribution in [0.3, 0.4) is 0 Å². The molecule has 0 unspecified atom stereocenters. The molecule has 1 aromatic heterocycles. The van der Waals surface area contributed by atoms with Gasteiger partial charge >= 0.3 is 0 Å². The van der Waals surface area contributed by atoms with E-state index in [2.05, 4.69) is 10.5 Å². The second-order valence-electron chi connectivity index (χ2n) is 5.81. The minimum absolute atomic E-state index is 0.0535. The van der Waals surface area contributed by atoms with Crippen molar-refractivity contribution in [2.45, 2.75) is 4.90 Å². The zero-order valence-corrected chi connectivity index (χ0v) is 16.4. The monoisotopic (exact) mass is 413 g/mol. The number of furan rings is 1. The molecule has 1 amide bonds. The van der Waals surface area contributed by atoms with Crippen LogP contribution in [0.15, 0.2) is 87.4 Å². The number of anilines is 1. The van der Waals surface area contributed by atoms with Gasteiger partial charge in [0.05, 0.1) is 30.2 Å². The summed E-state index contributed by atoms with van der Waals surface area (Å²) in [6, 6.07) is 17.8. The molecule has 0 atom stereocenters. The summed E-state index contributed by atoms with van der Waals surface area (Å²) in [4.78, 5) is 12.5. The van der Waals surface area contributed by atoms with Gasteiger partial charge in [-0.25, -0.2) is 13.8 Å². The van der Waals surface area contributed by atoms with Crippen LogP contribution >= 0.6 is 0 Å². The summed E-state index contributed by atoms with van der Waals surface area (Å²) in [6.45, 7) is -0.493. The molecule has 0 saturated carbocycles. The van der Waals surface area contributed by atoms with Crippen LogP contribution in [0.2, 0.25) is 0 Å². The summed E-state index contributed by atoms with van der Waals surface area (Å²) in [5.41, 5.74) is 2.55. The summed E-state index contributed by atoms with van der Waals surface area (Å²) in [5, 5.41) is 3.79. The predicted octanol–water partition coefficient (Wildman–Crippen LogP) is 2.63. The highest BCUT2D eigenvalue weighted by atomic mass is 32.2. The first-order chi connectivity index (χ1) is 14.0. The second kappa shape index (κ2) is 9.07. The van der Waals surface area contributed by atoms with E-state index in [1.807, 2.05) is 0 Å². The van der Waals surface area contributed by atoms with Crippen molar-refractivity contribution in [1.82, 2.24) is 5.43 Å². The average molecular weight is 413 g/mol. The van der Waals surface area contributed by atoms with Gasteiger partial charge in [-0.05, 0) is 36.4 Å². The van der Waals surface area contributed by atoms with E-state index in [4.69, 9.17) is 9.15 Å². The van der Waals surface area contributed by atoms with Gasteiger partial charge in [0, 0.05) is 0 Å². The van der Waals surface area contributed by atoms with Gasteiger partial charge in [-0.15, -0.1) is 0 Å². The van der Waals surface area contributed by atoms with E-state index in [0.717, 1.165) is 4.31 Å². The fourth-order valence-electron chi connectivity index (χ4n) is 2.55. The highest BCUT2D eigenvalue weighted by Gasteiger charge is 2.29. The van der Waals surface area contributed by atoms with Gasteiger partial charge < -0.3 is 9.15 Å². The van der Waals surface area contributed by atoms with Crippen LogP contribution in [0, 0.1) is 0 Å². The van der Waals surface area contributed by atoms with Gasteiger partial charge in [-0.1, -0.05) is 30.3 Å². The minimum Gasteiger partial charge on any atom is -0.495 e. The fourth-order valence-corrected chi connectivity index (χ4v) is 4.01. The second-order valence-corrected chi connectivity index (χ2v) is 7.67. The van der Waals surface area contributed by atoms with Gasteiger partial charge in [0.1, 0.15) is 18.1 Å². The molecule has 3 rings (SSSR count). The van der Waals surface area contributed by atoms with Gasteiger partial charge in [0.25, 0.3) is 15.9 Å². The number of amides is 1. The Morgan fingerprint density at radius 1 is 1.10 bits per heavy atom. The smallest absolute Gasteiger partial charge is 0.264 e. The Morgan fingerprint density at radius 3 is 2.52 bits per heavy atom. The lowest BCUT2D eigenvalue weighted by Gasteiger charge is -2.25. The van der Waals surface area contributed by atoms with Crippen molar-refractivity contribution in [3.8, 4) is 5.75 Å². The van der Waals surface area contributed by atoms with Crippen LogP contribution in [0.25, 0.3) is 0 Å². The van der Waals surface area contributed by atoms with Crippen molar-refractivity contribution >= 4 is 27.8 Å². The standard InChI is InChI=1S/C20H19N3O5S/c1-27-19-12-6-5-11-18(19)23(29(25,26)17-9-3-2-4-10-17)15-20(24)22-21-14-16-8-7-13-28-16/h2-14H,15H2,1H3,(H,22,24)/b21-14-. The Labute approximate surface area is 168 Å². The molecular formula is C20H19N3O5S. The molecule has 0 radical (unpaired) electrons. The molecule has 0 aliphatic heterocycles. The van der Waals surface area contributed by atoms with E-state index >= 15 is 0 Å². The molecule has 9 heteroatoms. The molecule has 0 aliphatic rings. The van der Waals surface area contributed by atoms with Crippen LogP contribution in [0.5, 0.6) is 5.75 Å². The van der Waals surface area contributed by atoms with Crippen molar-refractivity contribution in [1.29, 1.82) is 0 Å². The first kappa shape index (κ1) is 20.2. The third-order valence-electron chi connectivity index (χ3n) is 3.90. The van der Waals surface area contributed by atoms with E-state index in [0.29, 0.717) is 11.5 Å². The van der Waals surface area contributed by atoms with Crippen LogP contribution < -0.4 is 14.5 Å². The molecule has 0 bridgehead atoms. The summed E-state index contributed by atoms with van der Waals surface area (Å²) in [6.07, 6.45) is 2.79. The molecule has 150 valence electrons. The minimum atomic E-state index is -4.03. The number of hydrazone groups is 1. The number of carbonyl (C=O) groups is 1. The molecule has 0 spiro atoms. The van der Waals surface area contributed by atoms with E-state index in [-0.39, 0.29) is 10.6 Å². The van der Waals surface area contributed by atoms with E-state index in [1.54, 1.807) is 54.6 Å². The van der Waals surface area contributed by atoms with Gasteiger partial charge in [0.2, 0.25) is 0 Å². The Balaban J connectivity index is 1.90. The molecule has 1 N–H and O–H groups in total. The molecule has 0 fully saturated rings. The van der Waals surface area contributed by atoms with Crippen LogP contribution in [-0.2, 0) is 14.8 Å². The maximum absolute atomic E-state index is 13.2. The Kier molecular flexibility index (Phi) is 6.30. The van der Waals surface area contributed by atoms with Gasteiger partial charge in [-0.3, -0.25) is 9.10 Å². The number of hydrogen-bond donors (Lipinski definition) is 1. The maximum atomic E-state index is 13.2. The zero-order chi connectivity index (χ0) is 20.7. The van der Waals surface area contributed by atoms with E-state index in [1.165, 1.54) is 31.7 Å². The van der Waals surface area contributed by atoms with Crippen LogP contribution in [0.1, 0.15) is 5.76 Å². The molecule has 0 aliphatic carbocycles. The molecule has 2 aromatic carbocycles. The predicted molar refractivity (Wildman–Crippen MR) is 108 cm³/mol. The topological polar surface area (TPSA) is 101 Å². The highest BCUT2D eigenvalue weighted by molar-refractivity contribution is 7.92. The lowest BCUT2D eigenvalue weighted by Crippen LogP contribution is -2.39. The SMILES string of the molecule is COc1ccccc1N(CC(=O)N/N=C\c1ccco1)S(=O)(=O)c1ccccc1. The first-order valence-corrected chi connectivity index (χ1v) is 10.0. The Hall–Kier alpha value is -3.59. The number of benzene rings is 2. The molecule has 3 aromatic rings.